The van der Waals surface area contributed by atoms with Crippen LogP contribution in [-0.4, -0.2) is 27.5 Å². The number of carbonyl (C=O) groups is 1. The van der Waals surface area contributed by atoms with Crippen molar-refractivity contribution in [2.45, 2.75) is 6.42 Å². The van der Waals surface area contributed by atoms with E-state index >= 15 is 0 Å². The van der Waals surface area contributed by atoms with E-state index in [0.717, 1.165) is 5.56 Å². The monoisotopic (exact) mass is 293 g/mol. The van der Waals surface area contributed by atoms with Crippen molar-refractivity contribution in [3.63, 3.8) is 0 Å². The minimum Gasteiger partial charge on any atom is -0.492 e. The molecule has 0 saturated carbocycles. The number of pyridine rings is 1. The molecule has 2 aromatic heterocycles. The van der Waals surface area contributed by atoms with E-state index in [0.29, 0.717) is 41.6 Å². The van der Waals surface area contributed by atoms with Crippen molar-refractivity contribution in [2.24, 2.45) is 0 Å². The summed E-state index contributed by atoms with van der Waals surface area (Å²) in [6, 6.07) is 8.91. The fourth-order valence-electron chi connectivity index (χ4n) is 2.35. The van der Waals surface area contributed by atoms with Gasteiger partial charge in [0.15, 0.2) is 5.78 Å². The van der Waals surface area contributed by atoms with E-state index < -0.39 is 0 Å². The molecule has 4 rings (SSSR count). The second kappa shape index (κ2) is 5.07. The Kier molecular flexibility index (Phi) is 2.93. The third-order valence-corrected chi connectivity index (χ3v) is 3.48. The minimum absolute atomic E-state index is 0.0666. The van der Waals surface area contributed by atoms with E-state index in [1.54, 1.807) is 42.7 Å². The molecule has 0 atom stereocenters. The summed E-state index contributed by atoms with van der Waals surface area (Å²) in [5, 5.41) is 3.96. The SMILES string of the molecule is O=C1CCOc2ccc(-c3nc(-c4ccncc4)no3)cc21. The first-order valence-electron chi connectivity index (χ1n) is 6.86. The van der Waals surface area contributed by atoms with Crippen LogP contribution in [0.2, 0.25) is 0 Å². The van der Waals surface area contributed by atoms with Gasteiger partial charge in [-0.25, -0.2) is 0 Å². The largest absolute Gasteiger partial charge is 0.492 e. The highest BCUT2D eigenvalue weighted by molar-refractivity contribution is 6.00. The normalized spacial score (nSPS) is 13.5. The third-order valence-electron chi connectivity index (χ3n) is 3.48. The van der Waals surface area contributed by atoms with Crippen LogP contribution >= 0.6 is 0 Å². The molecule has 3 aromatic rings. The number of ether oxygens (including phenoxy) is 1. The molecule has 1 aromatic carbocycles. The van der Waals surface area contributed by atoms with E-state index in [1.165, 1.54) is 0 Å². The lowest BCUT2D eigenvalue weighted by Crippen LogP contribution is -2.15. The summed E-state index contributed by atoms with van der Waals surface area (Å²) < 4.78 is 10.8. The summed E-state index contributed by atoms with van der Waals surface area (Å²) in [5.74, 6) is 1.52. The molecule has 6 nitrogen and oxygen atoms in total. The summed E-state index contributed by atoms with van der Waals surface area (Å²) in [6.45, 7) is 0.429. The molecule has 0 unspecified atom stereocenters. The van der Waals surface area contributed by atoms with Gasteiger partial charge in [0.05, 0.1) is 12.2 Å². The zero-order chi connectivity index (χ0) is 14.9. The maximum absolute atomic E-state index is 11.9. The molecule has 0 N–H and O–H groups in total. The van der Waals surface area contributed by atoms with Gasteiger partial charge in [-0.3, -0.25) is 9.78 Å². The number of carbonyl (C=O) groups excluding carboxylic acids is 1. The number of fused-ring (bicyclic) bond motifs is 1. The number of hydrogen-bond acceptors (Lipinski definition) is 6. The topological polar surface area (TPSA) is 78.1 Å². The number of nitrogens with zero attached hydrogens (tertiary/aromatic N) is 3. The number of Topliss-reactive ketones (excluding diaryl/α,β-unsaturated/α-hetero) is 1. The van der Waals surface area contributed by atoms with Crippen LogP contribution in [0.5, 0.6) is 5.75 Å². The van der Waals surface area contributed by atoms with Gasteiger partial charge < -0.3 is 9.26 Å². The molecule has 3 heterocycles. The summed E-state index contributed by atoms with van der Waals surface area (Å²) in [4.78, 5) is 20.3. The first kappa shape index (κ1) is 12.7. The van der Waals surface area contributed by atoms with Crippen molar-refractivity contribution in [3.8, 4) is 28.6 Å². The van der Waals surface area contributed by atoms with Crippen LogP contribution in [0.4, 0.5) is 0 Å². The first-order chi connectivity index (χ1) is 10.8. The van der Waals surface area contributed by atoms with Crippen LogP contribution in [-0.2, 0) is 0 Å². The Balaban J connectivity index is 1.73. The van der Waals surface area contributed by atoms with Crippen molar-refractivity contribution in [3.05, 3.63) is 48.3 Å². The van der Waals surface area contributed by atoms with Crippen LogP contribution < -0.4 is 4.74 Å². The van der Waals surface area contributed by atoms with Gasteiger partial charge >= 0.3 is 0 Å². The Labute approximate surface area is 125 Å². The van der Waals surface area contributed by atoms with Crippen LogP contribution in [0.1, 0.15) is 16.8 Å². The number of benzene rings is 1. The lowest BCUT2D eigenvalue weighted by Gasteiger charge is -2.16. The smallest absolute Gasteiger partial charge is 0.258 e. The molecule has 0 spiro atoms. The molecule has 0 aliphatic carbocycles. The van der Waals surface area contributed by atoms with E-state index in [1.807, 2.05) is 0 Å². The van der Waals surface area contributed by atoms with Gasteiger partial charge in [-0.15, -0.1) is 0 Å². The second-order valence-electron chi connectivity index (χ2n) is 4.89. The van der Waals surface area contributed by atoms with Gasteiger partial charge in [-0.2, -0.15) is 4.98 Å². The molecule has 6 heteroatoms. The van der Waals surface area contributed by atoms with Gasteiger partial charge in [0, 0.05) is 29.9 Å². The highest BCUT2D eigenvalue weighted by Gasteiger charge is 2.20. The number of hydrogen-bond donors (Lipinski definition) is 0. The maximum Gasteiger partial charge on any atom is 0.258 e. The van der Waals surface area contributed by atoms with E-state index in [9.17, 15) is 4.79 Å². The second-order valence-corrected chi connectivity index (χ2v) is 4.89. The van der Waals surface area contributed by atoms with Crippen LogP contribution in [0.3, 0.4) is 0 Å². The summed E-state index contributed by atoms with van der Waals surface area (Å²) in [7, 11) is 0. The fraction of sp³-hybridized carbons (Fsp3) is 0.125. The molecule has 0 radical (unpaired) electrons. The Hall–Kier alpha value is -3.02. The van der Waals surface area contributed by atoms with Crippen molar-refractivity contribution in [1.29, 1.82) is 0 Å². The zero-order valence-corrected chi connectivity index (χ0v) is 11.5. The van der Waals surface area contributed by atoms with E-state index in [4.69, 9.17) is 9.26 Å². The summed E-state index contributed by atoms with van der Waals surface area (Å²) in [6.07, 6.45) is 3.73. The van der Waals surface area contributed by atoms with Crippen LogP contribution in [0.15, 0.2) is 47.2 Å². The van der Waals surface area contributed by atoms with Crippen molar-refractivity contribution in [2.75, 3.05) is 6.61 Å². The predicted molar refractivity (Wildman–Crippen MR) is 77.4 cm³/mol. The average molecular weight is 293 g/mol. The van der Waals surface area contributed by atoms with Crippen molar-refractivity contribution in [1.82, 2.24) is 15.1 Å². The van der Waals surface area contributed by atoms with Crippen LogP contribution in [0, 0.1) is 0 Å². The van der Waals surface area contributed by atoms with Gasteiger partial charge in [0.2, 0.25) is 5.82 Å². The molecule has 0 amide bonds. The molecule has 0 saturated heterocycles. The number of ketones is 1. The van der Waals surface area contributed by atoms with Gasteiger partial charge in [-0.1, -0.05) is 5.16 Å². The molecular weight excluding hydrogens is 282 g/mol. The predicted octanol–water partition coefficient (Wildman–Crippen LogP) is 2.76. The molecule has 0 bridgehead atoms. The first-order valence-corrected chi connectivity index (χ1v) is 6.86. The lowest BCUT2D eigenvalue weighted by atomic mass is 10.0. The Morgan fingerprint density at radius 1 is 1.05 bits per heavy atom. The van der Waals surface area contributed by atoms with Gasteiger partial charge in [0.25, 0.3) is 5.89 Å². The minimum atomic E-state index is 0.0666. The maximum atomic E-state index is 11.9. The van der Waals surface area contributed by atoms with Gasteiger partial charge in [0.1, 0.15) is 5.75 Å². The summed E-state index contributed by atoms with van der Waals surface area (Å²) >= 11 is 0. The van der Waals surface area contributed by atoms with Crippen molar-refractivity contribution >= 4 is 5.78 Å². The zero-order valence-electron chi connectivity index (χ0n) is 11.5. The van der Waals surface area contributed by atoms with Crippen LogP contribution in [0.25, 0.3) is 22.8 Å². The van der Waals surface area contributed by atoms with E-state index in [2.05, 4.69) is 15.1 Å². The molecule has 0 fully saturated rings. The Morgan fingerprint density at radius 3 is 2.77 bits per heavy atom. The Bertz CT molecular complexity index is 843. The number of rotatable bonds is 2. The Morgan fingerprint density at radius 2 is 1.91 bits per heavy atom. The highest BCUT2D eigenvalue weighted by atomic mass is 16.5. The summed E-state index contributed by atoms with van der Waals surface area (Å²) in [5.41, 5.74) is 2.08. The highest BCUT2D eigenvalue weighted by Crippen LogP contribution is 2.30. The molecule has 1 aliphatic rings. The fourth-order valence-corrected chi connectivity index (χ4v) is 2.35. The third kappa shape index (κ3) is 2.14. The van der Waals surface area contributed by atoms with Gasteiger partial charge in [-0.05, 0) is 30.3 Å². The standard InChI is InChI=1S/C16H11N3O3/c20-13-5-8-21-14-2-1-11(9-12(13)14)16-18-15(19-22-16)10-3-6-17-7-4-10/h1-4,6-7,9H,5,8H2. The average Bonchev–Trinajstić information content (AvgIpc) is 3.06. The lowest BCUT2D eigenvalue weighted by molar-refractivity contribution is 0.0933. The molecule has 1 aliphatic heterocycles. The molecular formula is C16H11N3O3. The molecule has 22 heavy (non-hydrogen) atoms. The quantitative estimate of drug-likeness (QED) is 0.723. The van der Waals surface area contributed by atoms with Crippen molar-refractivity contribution < 1.29 is 14.1 Å². The molecule has 108 valence electrons. The number of aromatic nitrogens is 3. The van der Waals surface area contributed by atoms with E-state index in [-0.39, 0.29) is 5.78 Å².